The molecule has 1 aliphatic carbocycles. The number of amidine groups is 1. The fourth-order valence-corrected chi connectivity index (χ4v) is 5.25. The number of carbonyl (C=O) groups is 1. The molecule has 0 saturated carbocycles. The van der Waals surface area contributed by atoms with Crippen molar-refractivity contribution < 1.29 is 14.8 Å². The third kappa shape index (κ3) is 4.32. The molecule has 8 heteroatoms. The SMILES string of the molecule is Cc1ccc(N2C(=N)C(=C(O)c3ccccc3)[C@H](c3ccc([N+](=O)[O-])cc3)C3=C2CCCC3=O)cc1Cl. The lowest BCUT2D eigenvalue weighted by Crippen LogP contribution is -2.42. The minimum absolute atomic E-state index is 0.0260. The Morgan fingerprint density at radius 2 is 1.78 bits per heavy atom. The van der Waals surface area contributed by atoms with E-state index in [4.69, 9.17) is 11.6 Å². The van der Waals surface area contributed by atoms with Crippen LogP contribution in [0.2, 0.25) is 5.02 Å². The van der Waals surface area contributed by atoms with Crippen molar-refractivity contribution in [3.63, 3.8) is 0 Å². The quantitative estimate of drug-likeness (QED) is 0.219. The van der Waals surface area contributed by atoms with E-state index in [2.05, 4.69) is 0 Å². The summed E-state index contributed by atoms with van der Waals surface area (Å²) in [6, 6.07) is 20.3. The van der Waals surface area contributed by atoms with E-state index in [0.29, 0.717) is 52.4 Å². The highest BCUT2D eigenvalue weighted by Crippen LogP contribution is 2.48. The van der Waals surface area contributed by atoms with Crippen molar-refractivity contribution in [2.75, 3.05) is 4.90 Å². The highest BCUT2D eigenvalue weighted by molar-refractivity contribution is 6.32. The zero-order valence-electron chi connectivity index (χ0n) is 20.1. The maximum atomic E-state index is 13.5. The molecule has 0 unspecified atom stereocenters. The molecule has 7 nitrogen and oxygen atoms in total. The molecule has 0 spiro atoms. The minimum Gasteiger partial charge on any atom is -0.507 e. The third-order valence-corrected chi connectivity index (χ3v) is 7.32. The van der Waals surface area contributed by atoms with Crippen molar-refractivity contribution in [3.8, 4) is 0 Å². The molecule has 186 valence electrons. The average Bonchev–Trinajstić information content (AvgIpc) is 2.90. The van der Waals surface area contributed by atoms with Crippen LogP contribution in [0.5, 0.6) is 0 Å². The zero-order chi connectivity index (χ0) is 26.3. The zero-order valence-corrected chi connectivity index (χ0v) is 20.8. The fraction of sp³-hybridized carbons (Fsp3) is 0.172. The molecule has 2 aliphatic rings. The van der Waals surface area contributed by atoms with Crippen molar-refractivity contribution >= 4 is 40.4 Å². The fourth-order valence-electron chi connectivity index (χ4n) is 5.07. The Kier molecular flexibility index (Phi) is 6.39. The summed E-state index contributed by atoms with van der Waals surface area (Å²) in [6.45, 7) is 1.89. The molecule has 0 amide bonds. The molecule has 3 aromatic rings. The van der Waals surface area contributed by atoms with Crippen LogP contribution < -0.4 is 4.90 Å². The van der Waals surface area contributed by atoms with Crippen LogP contribution in [0.25, 0.3) is 5.76 Å². The van der Waals surface area contributed by atoms with Gasteiger partial charge < -0.3 is 5.11 Å². The highest BCUT2D eigenvalue weighted by Gasteiger charge is 2.43. The number of nitro benzene ring substituents is 1. The van der Waals surface area contributed by atoms with Gasteiger partial charge in [-0.25, -0.2) is 0 Å². The number of benzene rings is 3. The number of anilines is 1. The number of carbonyl (C=O) groups excluding carboxylic acids is 1. The van der Waals surface area contributed by atoms with Crippen LogP contribution in [-0.2, 0) is 4.79 Å². The number of rotatable bonds is 4. The molecule has 0 radical (unpaired) electrons. The number of hydrogen-bond donors (Lipinski definition) is 2. The summed E-state index contributed by atoms with van der Waals surface area (Å²) >= 11 is 6.45. The van der Waals surface area contributed by atoms with Crippen molar-refractivity contribution in [2.45, 2.75) is 32.1 Å². The predicted octanol–water partition coefficient (Wildman–Crippen LogP) is 7.11. The Bertz CT molecular complexity index is 1490. The number of ketones is 1. The summed E-state index contributed by atoms with van der Waals surface area (Å²) in [6.07, 6.45) is 1.55. The first-order valence-electron chi connectivity index (χ1n) is 11.9. The molecular formula is C29H24ClN3O4. The lowest BCUT2D eigenvalue weighted by molar-refractivity contribution is -0.384. The molecule has 1 atom stereocenters. The number of aryl methyl sites for hydroxylation is 1. The molecule has 2 N–H and O–H groups in total. The number of nitrogens with one attached hydrogen (secondary N) is 1. The van der Waals surface area contributed by atoms with Crippen molar-refractivity contribution in [3.05, 3.63) is 121 Å². The summed E-state index contributed by atoms with van der Waals surface area (Å²) in [7, 11) is 0. The van der Waals surface area contributed by atoms with Crippen LogP contribution in [0.15, 0.2) is 89.6 Å². The van der Waals surface area contributed by atoms with Gasteiger partial charge in [0.15, 0.2) is 5.78 Å². The van der Waals surface area contributed by atoms with Gasteiger partial charge in [0.05, 0.1) is 4.92 Å². The second-order valence-electron chi connectivity index (χ2n) is 9.16. The van der Waals surface area contributed by atoms with Gasteiger partial charge in [-0.05, 0) is 43.0 Å². The molecule has 1 aliphatic heterocycles. The van der Waals surface area contributed by atoms with E-state index in [1.807, 2.05) is 25.1 Å². The number of nitrogens with zero attached hydrogens (tertiary/aromatic N) is 2. The Hall–Kier alpha value is -4.23. The van der Waals surface area contributed by atoms with Crippen molar-refractivity contribution in [1.29, 1.82) is 5.41 Å². The van der Waals surface area contributed by atoms with Crippen LogP contribution in [0.1, 0.15) is 41.9 Å². The topological polar surface area (TPSA) is 108 Å². The minimum atomic E-state index is -0.756. The number of nitro groups is 1. The van der Waals surface area contributed by atoms with Gasteiger partial charge in [0.2, 0.25) is 0 Å². The Balaban J connectivity index is 1.81. The normalized spacial score (nSPS) is 19.1. The monoisotopic (exact) mass is 513 g/mol. The number of aliphatic hydroxyl groups excluding tert-OH is 1. The van der Waals surface area contributed by atoms with Crippen molar-refractivity contribution in [2.24, 2.45) is 0 Å². The Morgan fingerprint density at radius 1 is 1.08 bits per heavy atom. The number of hydrogen-bond acceptors (Lipinski definition) is 5. The predicted molar refractivity (Wildman–Crippen MR) is 144 cm³/mol. The third-order valence-electron chi connectivity index (χ3n) is 6.91. The van der Waals surface area contributed by atoms with Crippen LogP contribution in [0.3, 0.4) is 0 Å². The highest BCUT2D eigenvalue weighted by atomic mass is 35.5. The summed E-state index contributed by atoms with van der Waals surface area (Å²) < 4.78 is 0. The Morgan fingerprint density at radius 3 is 2.43 bits per heavy atom. The smallest absolute Gasteiger partial charge is 0.269 e. The molecule has 0 fully saturated rings. The van der Waals surface area contributed by atoms with Crippen molar-refractivity contribution in [1.82, 2.24) is 0 Å². The molecular weight excluding hydrogens is 490 g/mol. The second-order valence-corrected chi connectivity index (χ2v) is 9.57. The largest absolute Gasteiger partial charge is 0.507 e. The first-order chi connectivity index (χ1) is 17.8. The number of halogens is 1. The molecule has 3 aromatic carbocycles. The first-order valence-corrected chi connectivity index (χ1v) is 12.3. The van der Waals surface area contributed by atoms with E-state index in [1.165, 1.54) is 12.1 Å². The van der Waals surface area contributed by atoms with Gasteiger partial charge in [-0.2, -0.15) is 0 Å². The summed E-state index contributed by atoms with van der Waals surface area (Å²) in [5.41, 5.74) is 3.97. The van der Waals surface area contributed by atoms with Gasteiger partial charge in [-0.3, -0.25) is 25.2 Å². The van der Waals surface area contributed by atoms with E-state index in [9.17, 15) is 25.4 Å². The van der Waals surface area contributed by atoms with Gasteiger partial charge in [-0.1, -0.05) is 60.1 Å². The number of allylic oxidation sites excluding steroid dienone is 2. The molecule has 0 bridgehead atoms. The maximum absolute atomic E-state index is 13.5. The van der Waals surface area contributed by atoms with Gasteiger partial charge in [0.1, 0.15) is 11.6 Å². The lowest BCUT2D eigenvalue weighted by Gasteiger charge is -2.42. The summed E-state index contributed by atoms with van der Waals surface area (Å²) in [5, 5.41) is 32.7. The maximum Gasteiger partial charge on any atom is 0.269 e. The lowest BCUT2D eigenvalue weighted by atomic mass is 9.73. The average molecular weight is 514 g/mol. The van der Waals surface area contributed by atoms with Crippen LogP contribution in [-0.4, -0.2) is 21.6 Å². The standard InChI is InChI=1S/C29H24ClN3O4/c1-17-10-13-21(16-22(17)30)32-23-8-5-9-24(34)26(23)25(18-11-14-20(15-12-18)33(36)37)27(29(32)31)28(35)19-6-3-2-4-7-19/h2-4,6-7,10-16,25,31,35H,5,8-9H2,1H3/t25-/m1/s1. The van der Waals surface area contributed by atoms with E-state index in [-0.39, 0.29) is 28.6 Å². The van der Waals surface area contributed by atoms with E-state index < -0.39 is 10.8 Å². The number of Topliss-reactive ketones (excluding diaryl/α,β-unsaturated/α-hetero) is 1. The van der Waals surface area contributed by atoms with Crippen LogP contribution >= 0.6 is 11.6 Å². The van der Waals surface area contributed by atoms with E-state index in [1.54, 1.807) is 47.4 Å². The number of non-ortho nitro benzene ring substituents is 1. The van der Waals surface area contributed by atoms with Gasteiger partial charge >= 0.3 is 0 Å². The van der Waals surface area contributed by atoms with Gasteiger partial charge in [0, 0.05) is 57.6 Å². The Labute approximate surface area is 219 Å². The summed E-state index contributed by atoms with van der Waals surface area (Å²) in [4.78, 5) is 26.0. The number of aliphatic hydroxyl groups is 1. The van der Waals surface area contributed by atoms with Crippen LogP contribution in [0.4, 0.5) is 11.4 Å². The summed E-state index contributed by atoms with van der Waals surface area (Å²) in [5.74, 6) is -0.924. The second kappa shape index (κ2) is 9.67. The van der Waals surface area contributed by atoms with Gasteiger partial charge in [-0.15, -0.1) is 0 Å². The molecule has 5 rings (SSSR count). The molecule has 0 saturated heterocycles. The molecule has 37 heavy (non-hydrogen) atoms. The van der Waals surface area contributed by atoms with Gasteiger partial charge in [0.25, 0.3) is 5.69 Å². The molecule has 1 heterocycles. The van der Waals surface area contributed by atoms with Crippen LogP contribution in [0, 0.1) is 22.4 Å². The van der Waals surface area contributed by atoms with E-state index in [0.717, 1.165) is 5.56 Å². The van der Waals surface area contributed by atoms with E-state index >= 15 is 0 Å². The molecule has 0 aromatic heterocycles. The first kappa shape index (κ1) is 24.5.